The van der Waals surface area contributed by atoms with Crippen molar-refractivity contribution >= 4 is 35.2 Å². The first-order valence-corrected chi connectivity index (χ1v) is 10.4. The second-order valence-corrected chi connectivity index (χ2v) is 8.03. The number of aryl methyl sites for hydroxylation is 1. The summed E-state index contributed by atoms with van der Waals surface area (Å²) in [5.74, 6) is -2.16. The fourth-order valence-corrected chi connectivity index (χ4v) is 3.73. The molecule has 32 heavy (non-hydrogen) atoms. The van der Waals surface area contributed by atoms with Gasteiger partial charge in [0.25, 0.3) is 5.91 Å². The summed E-state index contributed by atoms with van der Waals surface area (Å²) >= 11 is 11.8. The van der Waals surface area contributed by atoms with Crippen molar-refractivity contribution in [3.8, 4) is 0 Å². The van der Waals surface area contributed by atoms with Crippen LogP contribution in [0.25, 0.3) is 6.08 Å². The number of benzene rings is 2. The molecule has 2 aromatic carbocycles. The van der Waals surface area contributed by atoms with Crippen LogP contribution in [0.3, 0.4) is 0 Å². The Labute approximate surface area is 193 Å². The summed E-state index contributed by atoms with van der Waals surface area (Å²) < 4.78 is 41.0. The summed E-state index contributed by atoms with van der Waals surface area (Å²) in [4.78, 5) is 16.6. The second kappa shape index (κ2) is 10.2. The van der Waals surface area contributed by atoms with E-state index >= 15 is 0 Å². The number of carbonyl (C=O) groups excluding carboxylic acids is 1. The quantitative estimate of drug-likeness (QED) is 0.414. The van der Waals surface area contributed by atoms with E-state index in [2.05, 4.69) is 10.3 Å². The van der Waals surface area contributed by atoms with Crippen molar-refractivity contribution in [3.05, 3.63) is 105 Å². The largest absolute Gasteiger partial charge is 0.399 e. The van der Waals surface area contributed by atoms with Crippen LogP contribution in [0.5, 0.6) is 0 Å². The number of hydrogen-bond donors (Lipinski definition) is 1. The van der Waals surface area contributed by atoms with Crippen molar-refractivity contribution in [2.45, 2.75) is 25.6 Å². The minimum absolute atomic E-state index is 0.0477. The molecule has 0 aliphatic heterocycles. The van der Waals surface area contributed by atoms with Crippen molar-refractivity contribution in [1.82, 2.24) is 10.3 Å². The third-order valence-corrected chi connectivity index (χ3v) is 5.17. The number of nitrogens with one attached hydrogen (secondary N) is 1. The molecule has 0 aliphatic rings. The molecular weight excluding hydrogens is 460 g/mol. The molecule has 3 aromatic rings. The first-order valence-electron chi connectivity index (χ1n) is 9.63. The molecular formula is C24H19Cl2F3N2O. The molecule has 166 valence electrons. The maximum atomic E-state index is 13.7. The fourth-order valence-electron chi connectivity index (χ4n) is 3.19. The molecule has 8 heteroatoms. The zero-order valence-corrected chi connectivity index (χ0v) is 18.5. The van der Waals surface area contributed by atoms with E-state index < -0.39 is 12.1 Å². The van der Waals surface area contributed by atoms with E-state index in [9.17, 15) is 18.0 Å². The van der Waals surface area contributed by atoms with Crippen LogP contribution in [-0.4, -0.2) is 17.1 Å². The summed E-state index contributed by atoms with van der Waals surface area (Å²) in [5, 5.41) is 3.05. The van der Waals surface area contributed by atoms with Crippen LogP contribution in [-0.2, 0) is 6.54 Å². The minimum Gasteiger partial charge on any atom is -0.346 e. The Hall–Kier alpha value is -2.83. The van der Waals surface area contributed by atoms with Gasteiger partial charge < -0.3 is 5.32 Å². The minimum atomic E-state index is -4.52. The van der Waals surface area contributed by atoms with E-state index in [1.807, 2.05) is 6.07 Å². The first kappa shape index (κ1) is 23.8. The first-order chi connectivity index (χ1) is 15.1. The van der Waals surface area contributed by atoms with Crippen molar-refractivity contribution < 1.29 is 18.0 Å². The van der Waals surface area contributed by atoms with Crippen LogP contribution < -0.4 is 5.32 Å². The monoisotopic (exact) mass is 478 g/mol. The van der Waals surface area contributed by atoms with Gasteiger partial charge in [-0.2, -0.15) is 13.2 Å². The van der Waals surface area contributed by atoms with E-state index in [0.717, 1.165) is 11.8 Å². The lowest BCUT2D eigenvalue weighted by molar-refractivity contribution is -0.139. The Morgan fingerprint density at radius 3 is 2.41 bits per heavy atom. The normalized spacial score (nSPS) is 12.7. The second-order valence-electron chi connectivity index (χ2n) is 7.16. The molecule has 0 spiro atoms. The van der Waals surface area contributed by atoms with Crippen molar-refractivity contribution in [3.63, 3.8) is 0 Å². The number of nitrogens with zero attached hydrogens (tertiary/aromatic N) is 1. The molecule has 3 rings (SSSR count). The number of hydrogen-bond acceptors (Lipinski definition) is 2. The van der Waals surface area contributed by atoms with Gasteiger partial charge in [0.05, 0.1) is 18.2 Å². The molecule has 0 saturated heterocycles. The molecule has 0 fully saturated rings. The van der Waals surface area contributed by atoms with Gasteiger partial charge >= 0.3 is 6.18 Å². The molecule has 1 aromatic heterocycles. The van der Waals surface area contributed by atoms with Gasteiger partial charge in [-0.3, -0.25) is 9.78 Å². The number of rotatable bonds is 6. The molecule has 1 atom stereocenters. The predicted molar refractivity (Wildman–Crippen MR) is 121 cm³/mol. The molecule has 0 aliphatic carbocycles. The topological polar surface area (TPSA) is 42.0 Å². The van der Waals surface area contributed by atoms with Crippen LogP contribution in [0.2, 0.25) is 10.0 Å². The highest BCUT2D eigenvalue weighted by Crippen LogP contribution is 2.38. The van der Waals surface area contributed by atoms with Gasteiger partial charge in [0.2, 0.25) is 0 Å². The zero-order valence-electron chi connectivity index (χ0n) is 17.0. The lowest BCUT2D eigenvalue weighted by atomic mass is 9.96. The molecule has 0 bridgehead atoms. The lowest BCUT2D eigenvalue weighted by Crippen LogP contribution is -2.24. The Morgan fingerprint density at radius 2 is 1.81 bits per heavy atom. The van der Waals surface area contributed by atoms with Gasteiger partial charge in [-0.05, 0) is 60.0 Å². The lowest BCUT2D eigenvalue weighted by Gasteiger charge is -2.18. The summed E-state index contributed by atoms with van der Waals surface area (Å²) in [6.45, 7) is 2.00. The standard InChI is InChI=1S/C24H19Cl2F3N2O/c1-15-10-16(5-7-21(15)23(32)31-14-20-4-2-3-9-30-20)6-8-22(24(27,28)29)17-11-18(25)13-19(26)12-17/h2-13,22H,14H2,1H3,(H,31,32). The maximum Gasteiger partial charge on any atom is 0.399 e. The van der Waals surface area contributed by atoms with E-state index in [-0.39, 0.29) is 28.1 Å². The van der Waals surface area contributed by atoms with E-state index in [1.54, 1.807) is 43.5 Å². The summed E-state index contributed by atoms with van der Waals surface area (Å²) in [6.07, 6.45) is -0.461. The third kappa shape index (κ3) is 6.34. The van der Waals surface area contributed by atoms with Gasteiger partial charge in [-0.25, -0.2) is 0 Å². The molecule has 0 saturated carbocycles. The Bertz CT molecular complexity index is 1110. The maximum absolute atomic E-state index is 13.7. The van der Waals surface area contributed by atoms with E-state index in [0.29, 0.717) is 16.7 Å². The number of carbonyl (C=O) groups is 1. The smallest absolute Gasteiger partial charge is 0.346 e. The zero-order chi connectivity index (χ0) is 23.3. The third-order valence-electron chi connectivity index (χ3n) is 4.73. The SMILES string of the molecule is Cc1cc(C=CC(c2cc(Cl)cc(Cl)c2)C(F)(F)F)ccc1C(=O)NCc1ccccn1. The van der Waals surface area contributed by atoms with Crippen molar-refractivity contribution in [1.29, 1.82) is 0 Å². The summed E-state index contributed by atoms with van der Waals surface area (Å²) in [7, 11) is 0. The number of amides is 1. The number of aromatic nitrogens is 1. The molecule has 1 heterocycles. The number of allylic oxidation sites excluding steroid dienone is 1. The van der Waals surface area contributed by atoms with Crippen LogP contribution in [0.15, 0.2) is 66.9 Å². The number of pyridine rings is 1. The molecule has 0 radical (unpaired) electrons. The number of alkyl halides is 3. The fraction of sp³-hybridized carbons (Fsp3) is 0.167. The Balaban J connectivity index is 1.77. The Kier molecular flexibility index (Phi) is 7.59. The van der Waals surface area contributed by atoms with Crippen LogP contribution in [0, 0.1) is 6.92 Å². The van der Waals surface area contributed by atoms with Crippen LogP contribution >= 0.6 is 23.2 Å². The highest BCUT2D eigenvalue weighted by molar-refractivity contribution is 6.34. The van der Waals surface area contributed by atoms with Gasteiger partial charge in [0.15, 0.2) is 0 Å². The van der Waals surface area contributed by atoms with Crippen LogP contribution in [0.4, 0.5) is 13.2 Å². The number of halogens is 5. The predicted octanol–water partition coefficient (Wildman–Crippen LogP) is 6.99. The van der Waals surface area contributed by atoms with Crippen LogP contribution in [0.1, 0.15) is 38.7 Å². The van der Waals surface area contributed by atoms with Gasteiger partial charge in [-0.1, -0.05) is 53.6 Å². The average molecular weight is 479 g/mol. The summed E-state index contributed by atoms with van der Waals surface area (Å²) in [6, 6.07) is 14.1. The summed E-state index contributed by atoms with van der Waals surface area (Å²) in [5.41, 5.74) is 2.28. The van der Waals surface area contributed by atoms with E-state index in [1.165, 1.54) is 24.3 Å². The van der Waals surface area contributed by atoms with Gasteiger partial charge in [0, 0.05) is 21.8 Å². The average Bonchev–Trinajstić information content (AvgIpc) is 2.71. The van der Waals surface area contributed by atoms with Crippen molar-refractivity contribution in [2.75, 3.05) is 0 Å². The molecule has 1 N–H and O–H groups in total. The molecule has 1 amide bonds. The molecule has 3 nitrogen and oxygen atoms in total. The van der Waals surface area contributed by atoms with Gasteiger partial charge in [0.1, 0.15) is 0 Å². The highest BCUT2D eigenvalue weighted by Gasteiger charge is 2.39. The Morgan fingerprint density at radius 1 is 1.09 bits per heavy atom. The van der Waals surface area contributed by atoms with Gasteiger partial charge in [-0.15, -0.1) is 0 Å². The van der Waals surface area contributed by atoms with E-state index in [4.69, 9.17) is 23.2 Å². The van der Waals surface area contributed by atoms with Crippen molar-refractivity contribution in [2.24, 2.45) is 0 Å². The highest BCUT2D eigenvalue weighted by atomic mass is 35.5. The molecule has 1 unspecified atom stereocenters.